The topological polar surface area (TPSA) is 25.8 Å². The predicted octanol–water partition coefficient (Wildman–Crippen LogP) is 7.35. The van der Waals surface area contributed by atoms with Gasteiger partial charge in [-0.3, -0.25) is 0 Å². The van der Waals surface area contributed by atoms with Gasteiger partial charge in [0.2, 0.25) is 0 Å². The molecule has 3 heterocycles. The van der Waals surface area contributed by atoms with E-state index in [1.165, 1.54) is 53.9 Å². The standard InChI is InChI=1S/C24H16N2S2/c1-13-7-9-15-10-8-14(2)19-20(15)18(13)21-22(19)24(17-6-4-12-28-17)26-25-23(21)16-5-3-11-27-16/h3-12H,1-2H3. The van der Waals surface area contributed by atoms with Gasteiger partial charge in [-0.25, -0.2) is 0 Å². The second-order valence-electron chi connectivity index (χ2n) is 7.21. The van der Waals surface area contributed by atoms with E-state index < -0.39 is 0 Å². The summed E-state index contributed by atoms with van der Waals surface area (Å²) in [7, 11) is 0. The molecule has 0 radical (unpaired) electrons. The molecule has 134 valence electrons. The van der Waals surface area contributed by atoms with Gasteiger partial charge in [-0.2, -0.15) is 0 Å². The normalized spacial score (nSPS) is 11.9. The highest BCUT2D eigenvalue weighted by Gasteiger charge is 2.32. The van der Waals surface area contributed by atoms with Gasteiger partial charge >= 0.3 is 0 Å². The molecule has 0 bridgehead atoms. The van der Waals surface area contributed by atoms with Crippen LogP contribution in [0.5, 0.6) is 0 Å². The van der Waals surface area contributed by atoms with E-state index in [1.807, 2.05) is 0 Å². The third kappa shape index (κ3) is 2.07. The lowest BCUT2D eigenvalue weighted by Crippen LogP contribution is -1.96. The second-order valence-corrected chi connectivity index (χ2v) is 9.11. The van der Waals surface area contributed by atoms with Crippen molar-refractivity contribution in [3.8, 4) is 43.4 Å². The van der Waals surface area contributed by atoms with Crippen LogP contribution in [0, 0.1) is 13.8 Å². The SMILES string of the molecule is Cc1ccc2ccc(C)c3c2c1-c1c(-c2cccs2)nnc(-c2cccs2)c1-3. The van der Waals surface area contributed by atoms with Gasteiger partial charge in [0.05, 0.1) is 9.75 Å². The summed E-state index contributed by atoms with van der Waals surface area (Å²) in [5, 5.41) is 16.4. The largest absolute Gasteiger partial charge is 0.148 e. The van der Waals surface area contributed by atoms with Gasteiger partial charge < -0.3 is 0 Å². The molecular weight excluding hydrogens is 380 g/mol. The number of thiophene rings is 2. The minimum Gasteiger partial charge on any atom is -0.148 e. The zero-order valence-corrected chi connectivity index (χ0v) is 17.1. The molecule has 0 saturated heterocycles. The number of hydrogen-bond acceptors (Lipinski definition) is 4. The van der Waals surface area contributed by atoms with E-state index in [0.717, 1.165) is 11.4 Å². The number of nitrogens with zero attached hydrogens (tertiary/aromatic N) is 2. The lowest BCUT2D eigenvalue weighted by molar-refractivity contribution is 1.06. The Balaban J connectivity index is 1.85. The second kappa shape index (κ2) is 5.84. The van der Waals surface area contributed by atoms with Crippen molar-refractivity contribution in [1.29, 1.82) is 0 Å². The fourth-order valence-corrected chi connectivity index (χ4v) is 5.80. The van der Waals surface area contributed by atoms with Gasteiger partial charge in [0.25, 0.3) is 0 Å². The van der Waals surface area contributed by atoms with Crippen LogP contribution in [-0.4, -0.2) is 10.2 Å². The fourth-order valence-electron chi connectivity index (χ4n) is 4.37. The first kappa shape index (κ1) is 16.2. The highest BCUT2D eigenvalue weighted by molar-refractivity contribution is 7.14. The number of benzene rings is 2. The smallest absolute Gasteiger partial charge is 0.111 e. The lowest BCUT2D eigenvalue weighted by atomic mass is 9.96. The minimum absolute atomic E-state index is 0.997. The molecule has 0 aliphatic heterocycles. The highest BCUT2D eigenvalue weighted by Crippen LogP contribution is 2.55. The first-order valence-corrected chi connectivity index (χ1v) is 11.0. The van der Waals surface area contributed by atoms with Gasteiger partial charge in [-0.05, 0) is 69.8 Å². The molecule has 1 aliphatic rings. The van der Waals surface area contributed by atoms with Gasteiger partial charge in [0.1, 0.15) is 11.4 Å². The molecule has 0 N–H and O–H groups in total. The summed E-state index contributed by atoms with van der Waals surface area (Å²) < 4.78 is 0. The third-order valence-corrected chi connectivity index (χ3v) is 7.34. The van der Waals surface area contributed by atoms with E-state index in [1.54, 1.807) is 22.7 Å². The summed E-state index contributed by atoms with van der Waals surface area (Å²) in [5.74, 6) is 0. The third-order valence-electron chi connectivity index (χ3n) is 5.59. The molecule has 0 amide bonds. The monoisotopic (exact) mass is 396 g/mol. The molecule has 0 fully saturated rings. The van der Waals surface area contributed by atoms with Crippen molar-refractivity contribution in [3.05, 3.63) is 70.4 Å². The van der Waals surface area contributed by atoms with Gasteiger partial charge in [-0.1, -0.05) is 36.4 Å². The molecular formula is C24H16N2S2. The Labute approximate surface area is 171 Å². The van der Waals surface area contributed by atoms with Crippen molar-refractivity contribution in [3.63, 3.8) is 0 Å². The fraction of sp³-hybridized carbons (Fsp3) is 0.0833. The zero-order chi connectivity index (χ0) is 18.8. The van der Waals surface area contributed by atoms with E-state index in [9.17, 15) is 0 Å². The van der Waals surface area contributed by atoms with Gasteiger partial charge in [-0.15, -0.1) is 32.9 Å². The van der Waals surface area contributed by atoms with Crippen molar-refractivity contribution in [2.45, 2.75) is 13.8 Å². The summed E-state index contributed by atoms with van der Waals surface area (Å²) in [5.41, 5.74) is 9.71. The number of fused-ring (bicyclic) bond motifs is 3. The highest BCUT2D eigenvalue weighted by atomic mass is 32.1. The van der Waals surface area contributed by atoms with E-state index >= 15 is 0 Å². The van der Waals surface area contributed by atoms with Crippen LogP contribution in [0.15, 0.2) is 59.3 Å². The number of hydrogen-bond donors (Lipinski definition) is 0. The first-order chi connectivity index (χ1) is 13.7. The first-order valence-electron chi connectivity index (χ1n) is 9.26. The van der Waals surface area contributed by atoms with Crippen LogP contribution in [0.1, 0.15) is 11.1 Å². The quantitative estimate of drug-likeness (QED) is 0.306. The molecule has 3 aromatic heterocycles. The predicted molar refractivity (Wildman–Crippen MR) is 120 cm³/mol. The van der Waals surface area contributed by atoms with Crippen LogP contribution in [0.4, 0.5) is 0 Å². The number of rotatable bonds is 2. The Morgan fingerprint density at radius 1 is 0.607 bits per heavy atom. The number of aromatic nitrogens is 2. The van der Waals surface area contributed by atoms with Crippen molar-refractivity contribution < 1.29 is 0 Å². The van der Waals surface area contributed by atoms with Gasteiger partial charge in [0.15, 0.2) is 0 Å². The maximum atomic E-state index is 4.76. The molecule has 28 heavy (non-hydrogen) atoms. The molecule has 2 nitrogen and oxygen atoms in total. The molecule has 2 aromatic carbocycles. The van der Waals surface area contributed by atoms with Crippen LogP contribution in [-0.2, 0) is 0 Å². The molecule has 0 unspecified atom stereocenters. The molecule has 4 heteroatoms. The maximum Gasteiger partial charge on any atom is 0.111 e. The molecule has 0 spiro atoms. The minimum atomic E-state index is 0.997. The van der Waals surface area contributed by atoms with Gasteiger partial charge in [0, 0.05) is 11.1 Å². The Morgan fingerprint density at radius 3 is 1.54 bits per heavy atom. The maximum absolute atomic E-state index is 4.76. The number of aryl methyl sites for hydroxylation is 2. The molecule has 0 saturated carbocycles. The zero-order valence-electron chi connectivity index (χ0n) is 15.5. The van der Waals surface area contributed by atoms with Crippen molar-refractivity contribution in [1.82, 2.24) is 10.2 Å². The lowest BCUT2D eigenvalue weighted by Gasteiger charge is -2.12. The van der Waals surface area contributed by atoms with Crippen molar-refractivity contribution in [2.75, 3.05) is 0 Å². The molecule has 0 atom stereocenters. The Bertz CT molecular complexity index is 1260. The van der Waals surface area contributed by atoms with Crippen molar-refractivity contribution in [2.24, 2.45) is 0 Å². The van der Waals surface area contributed by atoms with Crippen LogP contribution in [0.3, 0.4) is 0 Å². The summed E-state index contributed by atoms with van der Waals surface area (Å²) in [6, 6.07) is 17.4. The van der Waals surface area contributed by atoms with Crippen molar-refractivity contribution >= 4 is 33.4 Å². The van der Waals surface area contributed by atoms with Crippen LogP contribution in [0.25, 0.3) is 54.2 Å². The van der Waals surface area contributed by atoms with E-state index in [0.29, 0.717) is 0 Å². The molecule has 6 rings (SSSR count). The average Bonchev–Trinajstić information content (AvgIpc) is 3.46. The summed E-state index contributed by atoms with van der Waals surface area (Å²) in [6.45, 7) is 4.42. The Hall–Kier alpha value is -2.82. The van der Waals surface area contributed by atoms with Crippen LogP contribution >= 0.6 is 22.7 Å². The summed E-state index contributed by atoms with van der Waals surface area (Å²) in [4.78, 5) is 2.34. The van der Waals surface area contributed by atoms with E-state index in [2.05, 4.69) is 73.1 Å². The Morgan fingerprint density at radius 2 is 1.11 bits per heavy atom. The summed E-state index contributed by atoms with van der Waals surface area (Å²) >= 11 is 3.45. The Kier molecular flexibility index (Phi) is 3.37. The van der Waals surface area contributed by atoms with Crippen LogP contribution < -0.4 is 0 Å². The molecule has 1 aliphatic carbocycles. The summed E-state index contributed by atoms with van der Waals surface area (Å²) in [6.07, 6.45) is 0. The molecule has 5 aromatic rings. The average molecular weight is 397 g/mol. The van der Waals surface area contributed by atoms with E-state index in [-0.39, 0.29) is 0 Å². The van der Waals surface area contributed by atoms with Crippen LogP contribution in [0.2, 0.25) is 0 Å². The van der Waals surface area contributed by atoms with E-state index in [4.69, 9.17) is 10.2 Å².